The number of ether oxygens (including phenoxy) is 1. The van der Waals surface area contributed by atoms with Crippen LogP contribution in [0.2, 0.25) is 0 Å². The molecular formula is C11H12N4O6. The molecular weight excluding hydrogens is 284 g/mol. The molecule has 1 aliphatic rings. The van der Waals surface area contributed by atoms with Gasteiger partial charge in [0, 0.05) is 25.2 Å². The van der Waals surface area contributed by atoms with E-state index >= 15 is 0 Å². The number of benzene rings is 1. The van der Waals surface area contributed by atoms with Crippen LogP contribution in [0.25, 0.3) is 0 Å². The third kappa shape index (κ3) is 3.70. The number of nitro benzene ring substituents is 2. The highest BCUT2D eigenvalue weighted by molar-refractivity contribution is 5.95. The van der Waals surface area contributed by atoms with E-state index in [9.17, 15) is 25.0 Å². The minimum absolute atomic E-state index is 0.137. The number of nitrogens with zero attached hydrogens (tertiary/aromatic N) is 3. The summed E-state index contributed by atoms with van der Waals surface area (Å²) >= 11 is 0. The molecule has 112 valence electrons. The highest BCUT2D eigenvalue weighted by Gasteiger charge is 2.21. The van der Waals surface area contributed by atoms with Crippen molar-refractivity contribution < 1.29 is 19.4 Å². The van der Waals surface area contributed by atoms with Gasteiger partial charge in [-0.3, -0.25) is 30.4 Å². The molecule has 0 spiro atoms. The fourth-order valence-electron chi connectivity index (χ4n) is 1.82. The van der Waals surface area contributed by atoms with Crippen LogP contribution >= 0.6 is 0 Å². The molecule has 21 heavy (non-hydrogen) atoms. The fourth-order valence-corrected chi connectivity index (χ4v) is 1.82. The van der Waals surface area contributed by atoms with Crippen molar-refractivity contribution in [1.29, 1.82) is 0 Å². The highest BCUT2D eigenvalue weighted by Crippen LogP contribution is 2.22. The summed E-state index contributed by atoms with van der Waals surface area (Å²) in [4.78, 5) is 32.0. The number of hydrogen-bond donors (Lipinski definition) is 1. The number of morpholine rings is 1. The Morgan fingerprint density at radius 2 is 1.62 bits per heavy atom. The summed E-state index contributed by atoms with van der Waals surface area (Å²) in [6.07, 6.45) is 0. The Morgan fingerprint density at radius 3 is 2.10 bits per heavy atom. The van der Waals surface area contributed by atoms with Gasteiger partial charge in [-0.05, 0) is 0 Å². The van der Waals surface area contributed by atoms with E-state index in [4.69, 9.17) is 4.74 Å². The van der Waals surface area contributed by atoms with Crippen LogP contribution in [0.1, 0.15) is 10.4 Å². The molecule has 0 saturated carbocycles. The molecule has 1 heterocycles. The molecule has 1 aromatic rings. The highest BCUT2D eigenvalue weighted by atomic mass is 16.6. The zero-order valence-corrected chi connectivity index (χ0v) is 10.9. The van der Waals surface area contributed by atoms with E-state index in [0.717, 1.165) is 18.2 Å². The predicted octanol–water partition coefficient (Wildman–Crippen LogP) is 0.480. The van der Waals surface area contributed by atoms with Gasteiger partial charge >= 0.3 is 0 Å². The zero-order valence-electron chi connectivity index (χ0n) is 10.9. The average molecular weight is 296 g/mol. The Balaban J connectivity index is 2.22. The number of hydrazine groups is 1. The lowest BCUT2D eigenvalue weighted by molar-refractivity contribution is -0.394. The number of hydrogen-bond acceptors (Lipinski definition) is 7. The van der Waals surface area contributed by atoms with Gasteiger partial charge in [0.2, 0.25) is 0 Å². The lowest BCUT2D eigenvalue weighted by atomic mass is 10.1. The minimum atomic E-state index is -0.779. The van der Waals surface area contributed by atoms with E-state index in [1.54, 1.807) is 5.01 Å². The topological polar surface area (TPSA) is 128 Å². The Labute approximate surface area is 118 Å². The second-order valence-electron chi connectivity index (χ2n) is 4.29. The first kappa shape index (κ1) is 14.8. The lowest BCUT2D eigenvalue weighted by Crippen LogP contribution is -2.48. The Kier molecular flexibility index (Phi) is 4.40. The van der Waals surface area contributed by atoms with E-state index < -0.39 is 27.1 Å². The molecule has 2 rings (SSSR count). The third-order valence-electron chi connectivity index (χ3n) is 2.86. The Hall–Kier alpha value is -2.59. The van der Waals surface area contributed by atoms with Crippen LogP contribution in [-0.2, 0) is 4.74 Å². The number of carbonyl (C=O) groups is 1. The van der Waals surface area contributed by atoms with Crippen LogP contribution < -0.4 is 5.43 Å². The van der Waals surface area contributed by atoms with Crippen LogP contribution in [0.4, 0.5) is 11.4 Å². The fraction of sp³-hybridized carbons (Fsp3) is 0.364. The van der Waals surface area contributed by atoms with Crippen molar-refractivity contribution >= 4 is 17.3 Å². The number of carbonyl (C=O) groups excluding carboxylic acids is 1. The molecule has 1 N–H and O–H groups in total. The Morgan fingerprint density at radius 1 is 1.10 bits per heavy atom. The maximum absolute atomic E-state index is 12.0. The van der Waals surface area contributed by atoms with Crippen LogP contribution in [0, 0.1) is 20.2 Å². The molecule has 0 bridgehead atoms. The van der Waals surface area contributed by atoms with Crippen molar-refractivity contribution in [2.45, 2.75) is 0 Å². The van der Waals surface area contributed by atoms with Gasteiger partial charge < -0.3 is 4.74 Å². The van der Waals surface area contributed by atoms with Gasteiger partial charge in [0.15, 0.2) is 0 Å². The predicted molar refractivity (Wildman–Crippen MR) is 69.6 cm³/mol. The summed E-state index contributed by atoms with van der Waals surface area (Å²) in [5.74, 6) is -0.635. The van der Waals surface area contributed by atoms with Gasteiger partial charge in [0.05, 0.1) is 34.7 Å². The average Bonchev–Trinajstić information content (AvgIpc) is 2.47. The molecule has 0 aromatic heterocycles. The molecule has 0 radical (unpaired) electrons. The quantitative estimate of drug-likeness (QED) is 0.632. The first-order valence-electron chi connectivity index (χ1n) is 6.05. The minimum Gasteiger partial charge on any atom is -0.379 e. The standard InChI is InChI=1S/C11H12N4O6/c16-11(12-13-1-3-21-4-2-13)8-5-9(14(17)18)7-10(6-8)15(19)20/h5-7H,1-4H2,(H,12,16). The van der Waals surface area contributed by atoms with Crippen molar-refractivity contribution in [3.05, 3.63) is 44.0 Å². The van der Waals surface area contributed by atoms with Crippen LogP contribution in [-0.4, -0.2) is 47.1 Å². The molecule has 0 unspecified atom stereocenters. The molecule has 1 aliphatic heterocycles. The summed E-state index contributed by atoms with van der Waals surface area (Å²) in [6.45, 7) is 1.86. The van der Waals surface area contributed by atoms with E-state index in [2.05, 4.69) is 5.43 Å². The van der Waals surface area contributed by atoms with Crippen LogP contribution in [0.3, 0.4) is 0 Å². The summed E-state index contributed by atoms with van der Waals surface area (Å²) in [5, 5.41) is 23.1. The molecule has 10 nitrogen and oxygen atoms in total. The Bertz CT molecular complexity index is 552. The van der Waals surface area contributed by atoms with Gasteiger partial charge in [-0.1, -0.05) is 0 Å². The van der Waals surface area contributed by atoms with Gasteiger partial charge in [0.25, 0.3) is 17.3 Å². The smallest absolute Gasteiger partial charge is 0.277 e. The van der Waals surface area contributed by atoms with Gasteiger partial charge in [-0.2, -0.15) is 0 Å². The van der Waals surface area contributed by atoms with E-state index in [0.29, 0.717) is 26.3 Å². The van der Waals surface area contributed by atoms with Crippen molar-refractivity contribution in [2.24, 2.45) is 0 Å². The maximum Gasteiger partial charge on any atom is 0.277 e. The molecule has 1 fully saturated rings. The summed E-state index contributed by atoms with van der Waals surface area (Å²) in [5.41, 5.74) is 1.39. The third-order valence-corrected chi connectivity index (χ3v) is 2.86. The van der Waals surface area contributed by atoms with Crippen LogP contribution in [0.15, 0.2) is 18.2 Å². The molecule has 1 saturated heterocycles. The van der Waals surface area contributed by atoms with E-state index in [-0.39, 0.29) is 5.56 Å². The number of non-ortho nitro benzene ring substituents is 2. The van der Waals surface area contributed by atoms with Crippen molar-refractivity contribution in [3.8, 4) is 0 Å². The molecule has 10 heteroatoms. The number of rotatable bonds is 4. The normalized spacial score (nSPS) is 15.4. The van der Waals surface area contributed by atoms with Crippen molar-refractivity contribution in [3.63, 3.8) is 0 Å². The van der Waals surface area contributed by atoms with E-state index in [1.165, 1.54) is 0 Å². The summed E-state index contributed by atoms with van der Waals surface area (Å²) in [6, 6.07) is 2.82. The van der Waals surface area contributed by atoms with Crippen LogP contribution in [0.5, 0.6) is 0 Å². The molecule has 1 aromatic carbocycles. The molecule has 1 amide bonds. The number of amides is 1. The second kappa shape index (κ2) is 6.24. The number of nitro groups is 2. The monoisotopic (exact) mass is 296 g/mol. The molecule has 0 atom stereocenters. The lowest BCUT2D eigenvalue weighted by Gasteiger charge is -2.26. The maximum atomic E-state index is 12.0. The number of nitrogens with one attached hydrogen (secondary N) is 1. The SMILES string of the molecule is O=C(NN1CCOCC1)c1cc([N+](=O)[O-])cc([N+](=O)[O-])c1. The largest absolute Gasteiger partial charge is 0.379 e. The first-order valence-corrected chi connectivity index (χ1v) is 6.05. The van der Waals surface area contributed by atoms with Crippen molar-refractivity contribution in [1.82, 2.24) is 10.4 Å². The van der Waals surface area contributed by atoms with Gasteiger partial charge in [-0.15, -0.1) is 0 Å². The van der Waals surface area contributed by atoms with Crippen molar-refractivity contribution in [2.75, 3.05) is 26.3 Å². The van der Waals surface area contributed by atoms with E-state index in [1.807, 2.05) is 0 Å². The molecule has 0 aliphatic carbocycles. The van der Waals surface area contributed by atoms with Gasteiger partial charge in [0.1, 0.15) is 0 Å². The summed E-state index contributed by atoms with van der Waals surface area (Å²) in [7, 11) is 0. The second-order valence-corrected chi connectivity index (χ2v) is 4.29. The first-order chi connectivity index (χ1) is 9.97. The summed E-state index contributed by atoms with van der Waals surface area (Å²) < 4.78 is 5.12. The van der Waals surface area contributed by atoms with Gasteiger partial charge in [-0.25, -0.2) is 5.01 Å². The zero-order chi connectivity index (χ0) is 15.4.